The van der Waals surface area contributed by atoms with E-state index in [1.807, 2.05) is 53.3 Å². The maximum atomic E-state index is 11.0. The van der Waals surface area contributed by atoms with Gasteiger partial charge in [-0.1, -0.05) is 48.5 Å². The number of nitrogens with zero attached hydrogens (tertiary/aromatic N) is 2. The van der Waals surface area contributed by atoms with E-state index in [0.717, 1.165) is 22.0 Å². The molecule has 0 saturated heterocycles. The molecule has 0 fully saturated rings. The zero-order valence-electron chi connectivity index (χ0n) is 16.9. The summed E-state index contributed by atoms with van der Waals surface area (Å²) < 4.78 is 13.7. The van der Waals surface area contributed by atoms with Crippen LogP contribution >= 0.6 is 0 Å². The average molecular weight is 414 g/mol. The maximum Gasteiger partial charge on any atom is 0.304 e. The minimum atomic E-state index is -0.816. The van der Waals surface area contributed by atoms with Gasteiger partial charge in [0.05, 0.1) is 31.3 Å². The van der Waals surface area contributed by atoms with Crippen molar-refractivity contribution >= 4 is 16.9 Å². The molecule has 6 nitrogen and oxygen atoms in total. The number of carboxylic acids is 1. The fraction of sp³-hybridized carbons (Fsp3) is 0.200. The topological polar surface area (TPSA) is 73.6 Å². The monoisotopic (exact) mass is 414 g/mol. The van der Waals surface area contributed by atoms with E-state index in [1.165, 1.54) is 5.56 Å². The Kier molecular flexibility index (Phi) is 5.04. The van der Waals surface area contributed by atoms with Gasteiger partial charge in [-0.15, -0.1) is 0 Å². The standard InChI is InChI=1S/C25H22N2O4/c28-25(29)11-20-16-31-24-12-21(8-9-22(20)24)30-15-18-6-7-19-13-26-27(23(19)10-18)14-17-4-2-1-3-5-17/h1-10,12-13,20H,11,14-16H2,(H,28,29). The van der Waals surface area contributed by atoms with Crippen molar-refractivity contribution in [3.63, 3.8) is 0 Å². The van der Waals surface area contributed by atoms with Crippen molar-refractivity contribution in [2.24, 2.45) is 0 Å². The quantitative estimate of drug-likeness (QED) is 0.478. The number of aliphatic carboxylic acids is 1. The molecule has 6 heteroatoms. The summed E-state index contributed by atoms with van der Waals surface area (Å²) in [6, 6.07) is 22.1. The van der Waals surface area contributed by atoms with Crippen molar-refractivity contribution in [2.45, 2.75) is 25.5 Å². The Morgan fingerprint density at radius 1 is 1.10 bits per heavy atom. The van der Waals surface area contributed by atoms with Crippen molar-refractivity contribution < 1.29 is 19.4 Å². The minimum absolute atomic E-state index is 0.0733. The summed E-state index contributed by atoms with van der Waals surface area (Å²) in [6.45, 7) is 1.53. The van der Waals surface area contributed by atoms with Gasteiger partial charge < -0.3 is 14.6 Å². The number of ether oxygens (including phenoxy) is 2. The second kappa shape index (κ2) is 8.14. The maximum absolute atomic E-state index is 11.0. The molecule has 0 saturated carbocycles. The zero-order valence-corrected chi connectivity index (χ0v) is 16.9. The van der Waals surface area contributed by atoms with Crippen molar-refractivity contribution in [2.75, 3.05) is 6.61 Å². The van der Waals surface area contributed by atoms with E-state index in [0.29, 0.717) is 31.3 Å². The van der Waals surface area contributed by atoms with Gasteiger partial charge in [-0.2, -0.15) is 5.10 Å². The first kappa shape index (κ1) is 19.2. The van der Waals surface area contributed by atoms with Crippen LogP contribution in [0, 0.1) is 0 Å². The molecule has 0 bridgehead atoms. The third-order valence-electron chi connectivity index (χ3n) is 5.58. The number of hydrogen-bond acceptors (Lipinski definition) is 4. The molecule has 2 heterocycles. The van der Waals surface area contributed by atoms with Gasteiger partial charge in [0.2, 0.25) is 0 Å². The fourth-order valence-electron chi connectivity index (χ4n) is 3.98. The van der Waals surface area contributed by atoms with Crippen LogP contribution < -0.4 is 9.47 Å². The van der Waals surface area contributed by atoms with E-state index in [-0.39, 0.29) is 12.3 Å². The normalized spacial score (nSPS) is 14.9. The second-order valence-corrected chi connectivity index (χ2v) is 7.78. The molecule has 1 aliphatic rings. The smallest absolute Gasteiger partial charge is 0.304 e. The summed E-state index contributed by atoms with van der Waals surface area (Å²) in [7, 11) is 0. The molecule has 1 aliphatic heterocycles. The first-order chi connectivity index (χ1) is 15.2. The Labute approximate surface area is 179 Å². The van der Waals surface area contributed by atoms with E-state index >= 15 is 0 Å². The van der Waals surface area contributed by atoms with Gasteiger partial charge in [0.15, 0.2) is 0 Å². The highest BCUT2D eigenvalue weighted by Crippen LogP contribution is 2.38. The minimum Gasteiger partial charge on any atom is -0.492 e. The third kappa shape index (κ3) is 4.10. The predicted octanol–water partition coefficient (Wildman–Crippen LogP) is 4.61. The molecule has 3 aromatic carbocycles. The lowest BCUT2D eigenvalue weighted by atomic mass is 9.98. The van der Waals surface area contributed by atoms with Gasteiger partial charge in [-0.25, -0.2) is 0 Å². The summed E-state index contributed by atoms with van der Waals surface area (Å²) in [5, 5.41) is 14.7. The van der Waals surface area contributed by atoms with Gasteiger partial charge in [0, 0.05) is 22.9 Å². The average Bonchev–Trinajstić information content (AvgIpc) is 3.36. The molecule has 156 valence electrons. The number of aromatic nitrogens is 2. The van der Waals surface area contributed by atoms with Gasteiger partial charge in [0.25, 0.3) is 0 Å². The summed E-state index contributed by atoms with van der Waals surface area (Å²) in [5.74, 6) is 0.491. The first-order valence-electron chi connectivity index (χ1n) is 10.3. The van der Waals surface area contributed by atoms with Gasteiger partial charge >= 0.3 is 5.97 Å². The van der Waals surface area contributed by atoms with Gasteiger partial charge in [-0.05, 0) is 23.3 Å². The SMILES string of the molecule is O=C(O)CC1COc2cc(OCc3ccc4cnn(Cc5ccccc5)c4c3)ccc21. The zero-order chi connectivity index (χ0) is 21.2. The molecule has 0 radical (unpaired) electrons. The molecule has 1 atom stereocenters. The summed E-state index contributed by atoms with van der Waals surface area (Å²) in [6.07, 6.45) is 1.96. The Morgan fingerprint density at radius 2 is 1.97 bits per heavy atom. The van der Waals surface area contributed by atoms with E-state index in [4.69, 9.17) is 14.6 Å². The molecule has 0 spiro atoms. The molecule has 31 heavy (non-hydrogen) atoms. The largest absolute Gasteiger partial charge is 0.492 e. The van der Waals surface area contributed by atoms with Crippen molar-refractivity contribution in [1.29, 1.82) is 0 Å². The Hall–Kier alpha value is -3.80. The summed E-state index contributed by atoms with van der Waals surface area (Å²) in [4.78, 5) is 11.0. The highest BCUT2D eigenvalue weighted by Gasteiger charge is 2.26. The van der Waals surface area contributed by atoms with Crippen LogP contribution in [-0.4, -0.2) is 27.5 Å². The highest BCUT2D eigenvalue weighted by molar-refractivity contribution is 5.79. The lowest BCUT2D eigenvalue weighted by Crippen LogP contribution is -2.07. The van der Waals surface area contributed by atoms with E-state index in [1.54, 1.807) is 0 Å². The van der Waals surface area contributed by atoms with Crippen molar-refractivity contribution in [3.8, 4) is 11.5 Å². The van der Waals surface area contributed by atoms with E-state index < -0.39 is 5.97 Å². The molecular formula is C25H22N2O4. The lowest BCUT2D eigenvalue weighted by molar-refractivity contribution is -0.137. The molecule has 0 amide bonds. The summed E-state index contributed by atoms with van der Waals surface area (Å²) in [5.41, 5.74) is 4.25. The number of carbonyl (C=O) groups is 1. The lowest BCUT2D eigenvalue weighted by Gasteiger charge is -2.10. The van der Waals surface area contributed by atoms with Crippen molar-refractivity contribution in [1.82, 2.24) is 9.78 Å². The number of benzene rings is 3. The molecule has 4 aromatic rings. The summed E-state index contributed by atoms with van der Waals surface area (Å²) >= 11 is 0. The molecule has 1 N–H and O–H groups in total. The number of hydrogen-bond donors (Lipinski definition) is 1. The van der Waals surface area contributed by atoms with Crippen LogP contribution in [0.2, 0.25) is 0 Å². The Bertz CT molecular complexity index is 1230. The fourth-order valence-corrected chi connectivity index (χ4v) is 3.98. The Morgan fingerprint density at radius 3 is 2.81 bits per heavy atom. The van der Waals surface area contributed by atoms with Crippen LogP contribution in [0.1, 0.15) is 29.0 Å². The van der Waals surface area contributed by atoms with Crippen LogP contribution in [0.15, 0.2) is 72.9 Å². The first-order valence-corrected chi connectivity index (χ1v) is 10.3. The molecule has 1 aromatic heterocycles. The highest BCUT2D eigenvalue weighted by atomic mass is 16.5. The Balaban J connectivity index is 1.30. The predicted molar refractivity (Wildman–Crippen MR) is 117 cm³/mol. The molecular weight excluding hydrogens is 392 g/mol. The third-order valence-corrected chi connectivity index (χ3v) is 5.58. The van der Waals surface area contributed by atoms with Crippen LogP contribution in [0.4, 0.5) is 0 Å². The van der Waals surface area contributed by atoms with Crippen LogP contribution in [0.5, 0.6) is 11.5 Å². The number of carboxylic acid groups (broad SMARTS) is 1. The van der Waals surface area contributed by atoms with Crippen LogP contribution in [-0.2, 0) is 17.9 Å². The molecule has 1 unspecified atom stereocenters. The van der Waals surface area contributed by atoms with Crippen molar-refractivity contribution in [3.05, 3.63) is 89.6 Å². The van der Waals surface area contributed by atoms with E-state index in [2.05, 4.69) is 29.4 Å². The van der Waals surface area contributed by atoms with Crippen LogP contribution in [0.25, 0.3) is 10.9 Å². The number of rotatable bonds is 7. The number of fused-ring (bicyclic) bond motifs is 2. The van der Waals surface area contributed by atoms with Gasteiger partial charge in [0.1, 0.15) is 18.1 Å². The molecule has 0 aliphatic carbocycles. The van der Waals surface area contributed by atoms with Crippen LogP contribution in [0.3, 0.4) is 0 Å². The van der Waals surface area contributed by atoms with Gasteiger partial charge in [-0.3, -0.25) is 9.48 Å². The second-order valence-electron chi connectivity index (χ2n) is 7.78. The molecule has 5 rings (SSSR count). The van der Waals surface area contributed by atoms with E-state index in [9.17, 15) is 4.79 Å².